The molecule has 0 spiro atoms. The van der Waals surface area contributed by atoms with Crippen molar-refractivity contribution in [1.82, 2.24) is 5.32 Å². The highest BCUT2D eigenvalue weighted by Crippen LogP contribution is 2.14. The quantitative estimate of drug-likeness (QED) is 0.0758. The van der Waals surface area contributed by atoms with Crippen LogP contribution in [0.2, 0.25) is 0 Å². The Hall–Kier alpha value is -3.31. The van der Waals surface area contributed by atoms with Crippen molar-refractivity contribution in [2.45, 2.75) is 122 Å². The van der Waals surface area contributed by atoms with E-state index in [1.165, 1.54) is 59.2 Å². The average molecular weight is 649 g/mol. The summed E-state index contributed by atoms with van der Waals surface area (Å²) in [5.74, 6) is -3.47. The molecule has 1 aromatic rings. The molecule has 0 saturated carbocycles. The van der Waals surface area contributed by atoms with E-state index in [1.54, 1.807) is 0 Å². The Morgan fingerprint density at radius 2 is 1.33 bits per heavy atom. The van der Waals surface area contributed by atoms with Gasteiger partial charge < -0.3 is 30.0 Å². The van der Waals surface area contributed by atoms with Crippen molar-refractivity contribution < 1.29 is 42.9 Å². The number of carbonyl (C=O) groups is 5. The third-order valence-corrected chi connectivity index (χ3v) is 7.69. The van der Waals surface area contributed by atoms with Gasteiger partial charge in [-0.3, -0.25) is 19.2 Å². The minimum absolute atomic E-state index is 0.0123. The molecule has 0 aliphatic carbocycles. The van der Waals surface area contributed by atoms with Gasteiger partial charge in [-0.05, 0) is 18.4 Å². The summed E-state index contributed by atoms with van der Waals surface area (Å²) in [6, 6.07) is 7.12. The lowest BCUT2D eigenvalue weighted by atomic mass is 9.99. The first-order valence-corrected chi connectivity index (χ1v) is 16.7. The Kier molecular flexibility index (Phi) is 22.9. The van der Waals surface area contributed by atoms with Crippen molar-refractivity contribution in [1.29, 1.82) is 0 Å². The monoisotopic (exact) mass is 648 g/mol. The zero-order chi connectivity index (χ0) is 34.0. The van der Waals surface area contributed by atoms with Gasteiger partial charge >= 0.3 is 17.9 Å². The highest BCUT2D eigenvalue weighted by molar-refractivity contribution is 5.87. The predicted molar refractivity (Wildman–Crippen MR) is 174 cm³/mol. The minimum Gasteiger partial charge on any atom is -0.469 e. The Bertz CT molecular complexity index is 1020. The Morgan fingerprint density at radius 1 is 0.739 bits per heavy atom. The average Bonchev–Trinajstić information content (AvgIpc) is 3.06. The second-order valence-electron chi connectivity index (χ2n) is 11.7. The van der Waals surface area contributed by atoms with Crippen LogP contribution in [-0.4, -0.2) is 69.1 Å². The van der Waals surface area contributed by atoms with E-state index in [4.69, 9.17) is 19.9 Å². The molecule has 260 valence electrons. The van der Waals surface area contributed by atoms with Gasteiger partial charge in [0.05, 0.1) is 33.4 Å². The maximum atomic E-state index is 13.0. The molecule has 11 nitrogen and oxygen atoms in total. The summed E-state index contributed by atoms with van der Waals surface area (Å²) in [6.45, 7) is 1.86. The van der Waals surface area contributed by atoms with Crippen molar-refractivity contribution in [2.75, 3.05) is 27.4 Å². The summed E-state index contributed by atoms with van der Waals surface area (Å²) in [4.78, 5) is 62.4. The van der Waals surface area contributed by atoms with E-state index in [1.807, 2.05) is 30.3 Å². The van der Waals surface area contributed by atoms with Gasteiger partial charge in [0.15, 0.2) is 0 Å². The SMILES string of the molecule is CCCCCCCCCCCCCC(=O)N[C@H](CCC(=O)C[C@@H](COC[C@@H](N)C(=O)OC)C(=O)OC)C(=O)OCc1ccccc1. The molecule has 0 fully saturated rings. The van der Waals surface area contributed by atoms with Gasteiger partial charge in [-0.1, -0.05) is 101 Å². The van der Waals surface area contributed by atoms with Crippen LogP contribution in [0.3, 0.4) is 0 Å². The lowest BCUT2D eigenvalue weighted by Crippen LogP contribution is -2.42. The number of benzene rings is 1. The fourth-order valence-electron chi connectivity index (χ4n) is 4.91. The van der Waals surface area contributed by atoms with Crippen LogP contribution in [0.1, 0.15) is 109 Å². The molecule has 1 amide bonds. The predicted octanol–water partition coefficient (Wildman–Crippen LogP) is 4.96. The Balaban J connectivity index is 2.60. The minimum atomic E-state index is -1.03. The molecular weight excluding hydrogens is 592 g/mol. The van der Waals surface area contributed by atoms with E-state index in [0.29, 0.717) is 6.42 Å². The van der Waals surface area contributed by atoms with E-state index in [9.17, 15) is 24.0 Å². The van der Waals surface area contributed by atoms with Crippen molar-refractivity contribution in [3.05, 3.63) is 35.9 Å². The molecule has 3 N–H and O–H groups in total. The summed E-state index contributed by atoms with van der Waals surface area (Å²) in [7, 11) is 2.40. The molecule has 1 aromatic carbocycles. The third-order valence-electron chi connectivity index (χ3n) is 7.69. The van der Waals surface area contributed by atoms with Gasteiger partial charge in [0, 0.05) is 19.3 Å². The largest absolute Gasteiger partial charge is 0.469 e. The maximum Gasteiger partial charge on any atom is 0.328 e. The topological polar surface area (TPSA) is 160 Å². The molecule has 0 aliphatic heterocycles. The number of nitrogens with two attached hydrogens (primary N) is 1. The molecule has 3 atom stereocenters. The second kappa shape index (κ2) is 25.8. The Morgan fingerprint density at radius 3 is 1.91 bits per heavy atom. The van der Waals surface area contributed by atoms with Crippen LogP contribution in [0.15, 0.2) is 30.3 Å². The van der Waals surface area contributed by atoms with Crippen molar-refractivity contribution in [3.63, 3.8) is 0 Å². The number of methoxy groups -OCH3 is 2. The van der Waals surface area contributed by atoms with Gasteiger partial charge in [0.25, 0.3) is 0 Å². The molecule has 0 aliphatic rings. The third kappa shape index (κ3) is 19.3. The van der Waals surface area contributed by atoms with Gasteiger partial charge in [-0.25, -0.2) is 4.79 Å². The van der Waals surface area contributed by atoms with E-state index in [-0.39, 0.29) is 57.2 Å². The van der Waals surface area contributed by atoms with Crippen LogP contribution >= 0.6 is 0 Å². The van der Waals surface area contributed by atoms with Crippen molar-refractivity contribution in [3.8, 4) is 0 Å². The number of amides is 1. The number of nitrogens with one attached hydrogen (secondary N) is 1. The lowest BCUT2D eigenvalue weighted by Gasteiger charge is -2.19. The first-order chi connectivity index (χ1) is 22.2. The van der Waals surface area contributed by atoms with Crippen LogP contribution in [0, 0.1) is 5.92 Å². The number of esters is 3. The molecule has 0 radical (unpaired) electrons. The van der Waals surface area contributed by atoms with E-state index < -0.39 is 35.9 Å². The molecule has 0 aromatic heterocycles. The van der Waals surface area contributed by atoms with Gasteiger partial charge in [-0.2, -0.15) is 0 Å². The standard InChI is InChI=1S/C35H56N2O9/c1-4-5-6-7-8-9-10-11-12-13-17-20-32(39)37-31(35(42)46-24-27-18-15-14-16-19-27)22-21-29(38)23-28(33(40)43-2)25-45-26-30(36)34(41)44-3/h14-16,18-19,28,30-31H,4-13,17,20-26,36H2,1-3H3,(H,37,39)/t28-,30+,31+/m0/s1. The van der Waals surface area contributed by atoms with Crippen LogP contribution in [-0.2, 0) is 49.5 Å². The number of hydrogen-bond donors (Lipinski definition) is 2. The smallest absolute Gasteiger partial charge is 0.328 e. The Labute approximate surface area is 274 Å². The highest BCUT2D eigenvalue weighted by Gasteiger charge is 2.27. The number of Topliss-reactive ketones (excluding diaryl/α,β-unsaturated/α-hetero) is 1. The first-order valence-electron chi connectivity index (χ1n) is 16.7. The molecule has 0 unspecified atom stereocenters. The first kappa shape index (κ1) is 40.7. The summed E-state index contributed by atoms with van der Waals surface area (Å²) >= 11 is 0. The molecule has 11 heteroatoms. The zero-order valence-corrected chi connectivity index (χ0v) is 28.1. The van der Waals surface area contributed by atoms with E-state index in [0.717, 1.165) is 24.8 Å². The summed E-state index contributed by atoms with van der Waals surface area (Å²) < 4.78 is 20.2. The molecular formula is C35H56N2O9. The van der Waals surface area contributed by atoms with Crippen LogP contribution in [0.4, 0.5) is 0 Å². The van der Waals surface area contributed by atoms with E-state index in [2.05, 4.69) is 17.0 Å². The molecule has 0 heterocycles. The maximum absolute atomic E-state index is 13.0. The highest BCUT2D eigenvalue weighted by atomic mass is 16.5. The lowest BCUT2D eigenvalue weighted by molar-refractivity contribution is -0.151. The number of ether oxygens (including phenoxy) is 4. The molecule has 0 bridgehead atoms. The van der Waals surface area contributed by atoms with Gasteiger partial charge in [-0.15, -0.1) is 0 Å². The van der Waals surface area contributed by atoms with Crippen LogP contribution in [0.5, 0.6) is 0 Å². The van der Waals surface area contributed by atoms with Crippen molar-refractivity contribution >= 4 is 29.6 Å². The number of rotatable bonds is 27. The number of hydrogen-bond acceptors (Lipinski definition) is 10. The van der Waals surface area contributed by atoms with E-state index >= 15 is 0 Å². The van der Waals surface area contributed by atoms with Gasteiger partial charge in [0.1, 0.15) is 24.5 Å². The zero-order valence-electron chi connectivity index (χ0n) is 28.1. The van der Waals surface area contributed by atoms with Gasteiger partial charge in [0.2, 0.25) is 5.91 Å². The molecule has 46 heavy (non-hydrogen) atoms. The summed E-state index contributed by atoms with van der Waals surface area (Å²) in [5.41, 5.74) is 6.45. The normalized spacial score (nSPS) is 12.9. The molecule has 0 saturated heterocycles. The van der Waals surface area contributed by atoms with Crippen LogP contribution < -0.4 is 11.1 Å². The van der Waals surface area contributed by atoms with Crippen LogP contribution in [0.25, 0.3) is 0 Å². The second-order valence-corrected chi connectivity index (χ2v) is 11.7. The fraction of sp³-hybridized carbons (Fsp3) is 0.686. The number of carbonyl (C=O) groups excluding carboxylic acids is 5. The molecule has 1 rings (SSSR count). The fourth-order valence-corrected chi connectivity index (χ4v) is 4.91. The van der Waals surface area contributed by atoms with Crippen molar-refractivity contribution in [2.24, 2.45) is 11.7 Å². The summed E-state index contributed by atoms with van der Waals surface area (Å²) in [6.07, 6.45) is 12.8. The number of unbranched alkanes of at least 4 members (excludes halogenated alkanes) is 10. The summed E-state index contributed by atoms with van der Waals surface area (Å²) in [5, 5.41) is 2.75. The number of ketones is 1.